The first-order valence-electron chi connectivity index (χ1n) is 4.65. The van der Waals surface area contributed by atoms with Crippen LogP contribution in [0.1, 0.15) is 5.56 Å². The Balaban J connectivity index is 2.66. The summed E-state index contributed by atoms with van der Waals surface area (Å²) in [6, 6.07) is 5.72. The summed E-state index contributed by atoms with van der Waals surface area (Å²) in [6.45, 7) is 0. The Labute approximate surface area is 100 Å². The molecule has 1 aromatic heterocycles. The highest BCUT2D eigenvalue weighted by Gasteiger charge is 2.06. The van der Waals surface area contributed by atoms with Crippen LogP contribution in [0.15, 0.2) is 35.1 Å². The number of rotatable bonds is 2. The van der Waals surface area contributed by atoms with Crippen LogP contribution in [0.2, 0.25) is 0 Å². The Morgan fingerprint density at radius 2 is 2.19 bits per heavy atom. The van der Waals surface area contributed by atoms with Crippen LogP contribution >= 0.6 is 15.9 Å². The van der Waals surface area contributed by atoms with Crippen LogP contribution in [-0.4, -0.2) is 9.49 Å². The van der Waals surface area contributed by atoms with Gasteiger partial charge in [0.1, 0.15) is 0 Å². The summed E-state index contributed by atoms with van der Waals surface area (Å²) >= 11 is 3.45. The van der Waals surface area contributed by atoms with Crippen LogP contribution in [0.3, 0.4) is 0 Å². The molecule has 0 fully saturated rings. The van der Waals surface area contributed by atoms with Gasteiger partial charge in [0.15, 0.2) is 0 Å². The zero-order chi connectivity index (χ0) is 11.7. The molecule has 4 nitrogen and oxygen atoms in total. The van der Waals surface area contributed by atoms with Gasteiger partial charge in [-0.15, -0.1) is 0 Å². The van der Waals surface area contributed by atoms with E-state index in [1.165, 1.54) is 6.08 Å². The minimum Gasteiger partial charge on any atom is -0.350 e. The van der Waals surface area contributed by atoms with Crippen LogP contribution in [0.5, 0.6) is 0 Å². The third-order valence-electron chi connectivity index (χ3n) is 2.39. The fraction of sp³-hybridized carbons (Fsp3) is 0.0909. The summed E-state index contributed by atoms with van der Waals surface area (Å²) in [5.74, 6) is 0. The Morgan fingerprint density at radius 1 is 1.44 bits per heavy atom. The first-order valence-corrected chi connectivity index (χ1v) is 5.44. The maximum absolute atomic E-state index is 10.3. The van der Waals surface area contributed by atoms with Crippen molar-refractivity contribution in [2.24, 2.45) is 7.05 Å². The SMILES string of the molecule is Cn1ccc2c(Br)ccc(/C=C/[N+](=O)[O-])c21. The minimum atomic E-state index is -0.461. The lowest BCUT2D eigenvalue weighted by molar-refractivity contribution is -0.400. The van der Waals surface area contributed by atoms with E-state index in [0.717, 1.165) is 27.1 Å². The van der Waals surface area contributed by atoms with Crippen molar-refractivity contribution in [3.8, 4) is 0 Å². The molecule has 0 saturated heterocycles. The summed E-state index contributed by atoms with van der Waals surface area (Å²) < 4.78 is 2.93. The van der Waals surface area contributed by atoms with E-state index in [2.05, 4.69) is 15.9 Å². The second-order valence-corrected chi connectivity index (χ2v) is 4.28. The lowest BCUT2D eigenvalue weighted by Crippen LogP contribution is -1.89. The van der Waals surface area contributed by atoms with E-state index < -0.39 is 4.92 Å². The Bertz CT molecular complexity index is 587. The highest BCUT2D eigenvalue weighted by atomic mass is 79.9. The van der Waals surface area contributed by atoms with E-state index in [1.807, 2.05) is 36.0 Å². The summed E-state index contributed by atoms with van der Waals surface area (Å²) in [4.78, 5) is 9.84. The second-order valence-electron chi connectivity index (χ2n) is 3.43. The highest BCUT2D eigenvalue weighted by Crippen LogP contribution is 2.28. The first kappa shape index (κ1) is 10.9. The number of halogens is 1. The molecule has 16 heavy (non-hydrogen) atoms. The lowest BCUT2D eigenvalue weighted by Gasteiger charge is -2.02. The maximum atomic E-state index is 10.3. The molecule has 0 unspecified atom stereocenters. The molecule has 0 radical (unpaired) electrons. The van der Waals surface area contributed by atoms with Gasteiger partial charge in [0.25, 0.3) is 0 Å². The van der Waals surface area contributed by atoms with Crippen LogP contribution in [-0.2, 0) is 7.05 Å². The van der Waals surface area contributed by atoms with Gasteiger partial charge in [0, 0.05) is 34.7 Å². The third kappa shape index (κ3) is 1.86. The van der Waals surface area contributed by atoms with Gasteiger partial charge in [-0.3, -0.25) is 10.1 Å². The molecule has 1 aromatic carbocycles. The van der Waals surface area contributed by atoms with Crippen molar-refractivity contribution < 1.29 is 4.92 Å². The normalized spacial score (nSPS) is 11.4. The van der Waals surface area contributed by atoms with Crippen LogP contribution in [0.4, 0.5) is 0 Å². The number of hydrogen-bond donors (Lipinski definition) is 0. The molecule has 0 amide bonds. The summed E-state index contributed by atoms with van der Waals surface area (Å²) in [6.07, 6.45) is 4.39. The van der Waals surface area contributed by atoms with Gasteiger partial charge in [0.05, 0.1) is 10.4 Å². The van der Waals surface area contributed by atoms with E-state index in [1.54, 1.807) is 0 Å². The number of nitro groups is 1. The molecule has 0 spiro atoms. The molecule has 0 bridgehead atoms. The molecule has 0 saturated carbocycles. The number of aryl methyl sites for hydroxylation is 1. The molecule has 1 heterocycles. The van der Waals surface area contributed by atoms with Crippen molar-refractivity contribution in [2.75, 3.05) is 0 Å². The summed E-state index contributed by atoms with van der Waals surface area (Å²) in [5, 5.41) is 11.4. The molecule has 0 aliphatic heterocycles. The zero-order valence-corrected chi connectivity index (χ0v) is 10.1. The minimum absolute atomic E-state index is 0.461. The van der Waals surface area contributed by atoms with E-state index in [9.17, 15) is 10.1 Å². The number of aromatic nitrogens is 1. The smallest absolute Gasteiger partial charge is 0.235 e. The first-order chi connectivity index (χ1) is 7.59. The van der Waals surface area contributed by atoms with Gasteiger partial charge in [-0.2, -0.15) is 0 Å². The average Bonchev–Trinajstić information content (AvgIpc) is 2.61. The fourth-order valence-corrected chi connectivity index (χ4v) is 2.14. The van der Waals surface area contributed by atoms with E-state index in [4.69, 9.17) is 0 Å². The van der Waals surface area contributed by atoms with Crippen molar-refractivity contribution in [1.29, 1.82) is 0 Å². The van der Waals surface area contributed by atoms with Gasteiger partial charge in [0.2, 0.25) is 6.20 Å². The molecule has 2 aromatic rings. The predicted octanol–water partition coefficient (Wildman–Crippen LogP) is 3.19. The predicted molar refractivity (Wildman–Crippen MR) is 66.6 cm³/mol. The standard InChI is InChI=1S/C11H9BrN2O2/c1-13-6-5-9-10(12)3-2-8(11(9)13)4-7-14(15)16/h2-7H,1H3/b7-4+. The third-order valence-corrected chi connectivity index (χ3v) is 3.08. The molecular weight excluding hydrogens is 272 g/mol. The topological polar surface area (TPSA) is 48.1 Å². The Morgan fingerprint density at radius 3 is 2.88 bits per heavy atom. The molecular formula is C11H9BrN2O2. The number of benzene rings is 1. The number of nitrogens with zero attached hydrogens (tertiary/aromatic N) is 2. The van der Waals surface area contributed by atoms with Crippen molar-refractivity contribution in [3.05, 3.63) is 50.7 Å². The van der Waals surface area contributed by atoms with Gasteiger partial charge in [-0.25, -0.2) is 0 Å². The quantitative estimate of drug-likeness (QED) is 0.627. The van der Waals surface area contributed by atoms with Gasteiger partial charge < -0.3 is 4.57 Å². The van der Waals surface area contributed by atoms with Gasteiger partial charge in [-0.05, 0) is 12.1 Å². The van der Waals surface area contributed by atoms with Crippen molar-refractivity contribution in [3.63, 3.8) is 0 Å². The monoisotopic (exact) mass is 280 g/mol. The largest absolute Gasteiger partial charge is 0.350 e. The van der Waals surface area contributed by atoms with E-state index >= 15 is 0 Å². The van der Waals surface area contributed by atoms with Gasteiger partial charge in [-0.1, -0.05) is 22.0 Å². The molecule has 82 valence electrons. The van der Waals surface area contributed by atoms with E-state index in [-0.39, 0.29) is 0 Å². The van der Waals surface area contributed by atoms with Crippen molar-refractivity contribution in [2.45, 2.75) is 0 Å². The van der Waals surface area contributed by atoms with Crippen LogP contribution in [0.25, 0.3) is 17.0 Å². The maximum Gasteiger partial charge on any atom is 0.235 e. The fourth-order valence-electron chi connectivity index (χ4n) is 1.69. The summed E-state index contributed by atoms with van der Waals surface area (Å²) in [7, 11) is 1.91. The molecule has 0 atom stereocenters. The highest BCUT2D eigenvalue weighted by molar-refractivity contribution is 9.10. The Kier molecular flexibility index (Phi) is 2.78. The average molecular weight is 281 g/mol. The van der Waals surface area contributed by atoms with Crippen LogP contribution in [0, 0.1) is 10.1 Å². The molecule has 0 N–H and O–H groups in total. The summed E-state index contributed by atoms with van der Waals surface area (Å²) in [5.41, 5.74) is 1.81. The molecule has 5 heteroatoms. The number of fused-ring (bicyclic) bond motifs is 1. The molecule has 0 aliphatic carbocycles. The molecule has 0 aliphatic rings. The Hall–Kier alpha value is -1.62. The second kappa shape index (κ2) is 4.09. The van der Waals surface area contributed by atoms with Crippen molar-refractivity contribution in [1.82, 2.24) is 4.57 Å². The lowest BCUT2D eigenvalue weighted by atomic mass is 10.1. The van der Waals surface area contributed by atoms with Gasteiger partial charge >= 0.3 is 0 Å². The van der Waals surface area contributed by atoms with E-state index in [0.29, 0.717) is 0 Å². The number of hydrogen-bond acceptors (Lipinski definition) is 2. The van der Waals surface area contributed by atoms with Crippen molar-refractivity contribution >= 4 is 32.9 Å². The van der Waals surface area contributed by atoms with Crippen LogP contribution < -0.4 is 0 Å². The molecule has 2 rings (SSSR count). The zero-order valence-electron chi connectivity index (χ0n) is 8.55.